The van der Waals surface area contributed by atoms with Crippen molar-refractivity contribution in [3.05, 3.63) is 32.6 Å². The molecule has 1 heterocycles. The first-order valence-electron chi connectivity index (χ1n) is 5.62. The molecule has 1 aromatic heterocycles. The fourth-order valence-corrected chi connectivity index (χ4v) is 2.22. The van der Waals surface area contributed by atoms with Crippen molar-refractivity contribution in [1.82, 2.24) is 9.55 Å². The van der Waals surface area contributed by atoms with Crippen molar-refractivity contribution < 1.29 is 14.6 Å². The lowest BCUT2D eigenvalue weighted by molar-refractivity contribution is 0.105. The van der Waals surface area contributed by atoms with Gasteiger partial charge >= 0.3 is 5.69 Å². The van der Waals surface area contributed by atoms with Crippen molar-refractivity contribution in [1.29, 1.82) is 0 Å². The summed E-state index contributed by atoms with van der Waals surface area (Å²) in [4.78, 5) is 24.8. The van der Waals surface area contributed by atoms with E-state index < -0.39 is 42.0 Å². The molecule has 0 amide bonds. The van der Waals surface area contributed by atoms with Crippen molar-refractivity contribution in [3.63, 3.8) is 0 Å². The van der Waals surface area contributed by atoms with Gasteiger partial charge in [-0.15, -0.1) is 0 Å². The molecule has 2 rings (SSSR count). The molecule has 2 atom stereocenters. The maximum absolute atomic E-state index is 13.6. The van der Waals surface area contributed by atoms with Crippen LogP contribution in [0.2, 0.25) is 0 Å². The third-order valence-electron chi connectivity index (χ3n) is 3.70. The summed E-state index contributed by atoms with van der Waals surface area (Å²) in [5, 5.41) is 18.2. The summed E-state index contributed by atoms with van der Waals surface area (Å²) in [7, 11) is 0. The van der Waals surface area contributed by atoms with Crippen molar-refractivity contribution in [3.8, 4) is 0 Å². The van der Waals surface area contributed by atoms with Gasteiger partial charge in [-0.1, -0.05) is 0 Å². The van der Waals surface area contributed by atoms with Gasteiger partial charge in [-0.3, -0.25) is 14.3 Å². The Kier molecular flexibility index (Phi) is 3.12. The number of aliphatic hydroxyl groups excluding tert-OH is 2. The van der Waals surface area contributed by atoms with Crippen LogP contribution in [0.4, 0.5) is 4.39 Å². The molecule has 0 saturated heterocycles. The summed E-state index contributed by atoms with van der Waals surface area (Å²) < 4.78 is 14.8. The van der Waals surface area contributed by atoms with Crippen LogP contribution in [-0.4, -0.2) is 39.1 Å². The predicted molar refractivity (Wildman–Crippen MR) is 61.1 cm³/mol. The molecule has 1 fully saturated rings. The van der Waals surface area contributed by atoms with E-state index in [1.807, 2.05) is 0 Å². The summed E-state index contributed by atoms with van der Waals surface area (Å²) >= 11 is 0. The summed E-state index contributed by atoms with van der Waals surface area (Å²) in [6, 6.07) is 0. The summed E-state index contributed by atoms with van der Waals surface area (Å²) in [6.07, 6.45) is 0.0118. The fourth-order valence-electron chi connectivity index (χ4n) is 2.22. The zero-order chi connectivity index (χ0) is 13.5. The van der Waals surface area contributed by atoms with E-state index in [0.29, 0.717) is 5.56 Å². The van der Waals surface area contributed by atoms with Gasteiger partial charge in [0.2, 0.25) is 0 Å². The Morgan fingerprint density at radius 1 is 1.44 bits per heavy atom. The normalized spacial score (nSPS) is 25.1. The number of H-pyrrole nitrogens is 1. The Balaban J connectivity index is 2.25. The second-order valence-corrected chi connectivity index (χ2v) is 4.78. The van der Waals surface area contributed by atoms with Crippen LogP contribution in [0.1, 0.15) is 5.56 Å². The first-order valence-corrected chi connectivity index (χ1v) is 5.62. The number of rotatable bonds is 4. The predicted octanol–water partition coefficient (Wildman–Crippen LogP) is -1.22. The van der Waals surface area contributed by atoms with Crippen LogP contribution in [0, 0.1) is 18.3 Å². The molecule has 1 aromatic rings. The standard InChI is InChI=1S/C11H15FN2O4/c1-6-2-14(10(18)13-9(6)17)3-7-8(12)11(7,4-15)5-16/h2,7-8,15-16H,3-5H2,1H3,(H,13,17,18)/t7-,8-/m1/s1. The third-order valence-corrected chi connectivity index (χ3v) is 3.70. The van der Waals surface area contributed by atoms with Crippen LogP contribution in [0.25, 0.3) is 0 Å². The molecule has 0 unspecified atom stereocenters. The van der Waals surface area contributed by atoms with Crippen molar-refractivity contribution in [2.24, 2.45) is 11.3 Å². The number of aromatic nitrogens is 2. The Bertz CT molecular complexity index is 561. The first kappa shape index (κ1) is 13.0. The highest BCUT2D eigenvalue weighted by Crippen LogP contribution is 2.55. The van der Waals surface area contributed by atoms with E-state index in [1.54, 1.807) is 6.92 Å². The van der Waals surface area contributed by atoms with Crippen LogP contribution in [-0.2, 0) is 6.54 Å². The Morgan fingerprint density at radius 2 is 2.06 bits per heavy atom. The molecule has 0 aromatic carbocycles. The minimum Gasteiger partial charge on any atom is -0.396 e. The lowest BCUT2D eigenvalue weighted by Gasteiger charge is -2.10. The number of hydrogen-bond donors (Lipinski definition) is 3. The Morgan fingerprint density at radius 3 is 2.56 bits per heavy atom. The molecule has 0 radical (unpaired) electrons. The van der Waals surface area contributed by atoms with Crippen molar-refractivity contribution in [2.75, 3.05) is 13.2 Å². The van der Waals surface area contributed by atoms with Crippen molar-refractivity contribution in [2.45, 2.75) is 19.6 Å². The number of hydrogen-bond acceptors (Lipinski definition) is 4. The number of aryl methyl sites for hydroxylation is 1. The average Bonchev–Trinajstić information content (AvgIpc) is 2.91. The first-order chi connectivity index (χ1) is 8.46. The lowest BCUT2D eigenvalue weighted by atomic mass is 10.1. The van der Waals surface area contributed by atoms with Gasteiger partial charge in [-0.2, -0.15) is 0 Å². The summed E-state index contributed by atoms with van der Waals surface area (Å²) in [5.74, 6) is -0.615. The monoisotopic (exact) mass is 258 g/mol. The molecule has 1 aliphatic carbocycles. The molecule has 3 N–H and O–H groups in total. The molecule has 7 heteroatoms. The minimum atomic E-state index is -1.34. The molecule has 6 nitrogen and oxygen atoms in total. The molecule has 0 bridgehead atoms. The van der Waals surface area contributed by atoms with E-state index >= 15 is 0 Å². The molecule has 100 valence electrons. The second-order valence-electron chi connectivity index (χ2n) is 4.78. The highest BCUT2D eigenvalue weighted by Gasteiger charge is 2.65. The SMILES string of the molecule is Cc1cn(C[C@@H]2[C@@H](F)C2(CO)CO)c(=O)[nH]c1=O. The van der Waals surface area contributed by atoms with E-state index in [4.69, 9.17) is 10.2 Å². The maximum Gasteiger partial charge on any atom is 0.328 e. The second kappa shape index (κ2) is 4.33. The number of halogens is 1. The van der Waals surface area contributed by atoms with Crippen LogP contribution in [0.3, 0.4) is 0 Å². The molecular formula is C11H15FN2O4. The zero-order valence-electron chi connectivity index (χ0n) is 9.89. The van der Waals surface area contributed by atoms with Gasteiger partial charge in [0.25, 0.3) is 5.56 Å². The van der Waals surface area contributed by atoms with E-state index in [0.717, 1.165) is 0 Å². The smallest absolute Gasteiger partial charge is 0.328 e. The van der Waals surface area contributed by atoms with Gasteiger partial charge in [-0.25, -0.2) is 9.18 Å². The summed E-state index contributed by atoms with van der Waals surface area (Å²) in [6.45, 7) is 0.636. The van der Waals surface area contributed by atoms with Gasteiger partial charge in [-0.05, 0) is 6.92 Å². The molecule has 18 heavy (non-hydrogen) atoms. The number of nitrogens with one attached hydrogen (secondary N) is 1. The van der Waals surface area contributed by atoms with E-state index in [-0.39, 0.29) is 6.54 Å². The average molecular weight is 258 g/mol. The van der Waals surface area contributed by atoms with Crippen LogP contribution in [0.15, 0.2) is 15.8 Å². The van der Waals surface area contributed by atoms with Gasteiger partial charge in [0.05, 0.1) is 18.6 Å². The van der Waals surface area contributed by atoms with Gasteiger partial charge in [0, 0.05) is 24.2 Å². The highest BCUT2D eigenvalue weighted by molar-refractivity contribution is 5.12. The molecule has 1 saturated carbocycles. The molecule has 0 aliphatic heterocycles. The number of aliphatic hydroxyl groups is 2. The highest BCUT2D eigenvalue weighted by atomic mass is 19.1. The van der Waals surface area contributed by atoms with Gasteiger partial charge in [0.1, 0.15) is 6.17 Å². The Labute approximate surface area is 102 Å². The fraction of sp³-hybridized carbons (Fsp3) is 0.636. The zero-order valence-corrected chi connectivity index (χ0v) is 9.89. The number of alkyl halides is 1. The third kappa shape index (κ3) is 1.79. The molecule has 1 aliphatic rings. The number of nitrogens with zero attached hydrogens (tertiary/aromatic N) is 1. The Hall–Kier alpha value is -1.47. The van der Waals surface area contributed by atoms with Gasteiger partial charge in [0.15, 0.2) is 0 Å². The lowest BCUT2D eigenvalue weighted by Crippen LogP contribution is -2.32. The molecule has 0 spiro atoms. The largest absolute Gasteiger partial charge is 0.396 e. The molecular weight excluding hydrogens is 243 g/mol. The number of aromatic amines is 1. The minimum absolute atomic E-state index is 0.0265. The topological polar surface area (TPSA) is 95.3 Å². The summed E-state index contributed by atoms with van der Waals surface area (Å²) in [5.41, 5.74) is -1.90. The van der Waals surface area contributed by atoms with E-state index in [9.17, 15) is 14.0 Å². The van der Waals surface area contributed by atoms with Gasteiger partial charge < -0.3 is 10.2 Å². The van der Waals surface area contributed by atoms with E-state index in [2.05, 4.69) is 4.98 Å². The van der Waals surface area contributed by atoms with Crippen LogP contribution < -0.4 is 11.2 Å². The maximum atomic E-state index is 13.6. The van der Waals surface area contributed by atoms with E-state index in [1.165, 1.54) is 10.8 Å². The van der Waals surface area contributed by atoms with Crippen molar-refractivity contribution >= 4 is 0 Å². The quantitative estimate of drug-likeness (QED) is 0.631. The van der Waals surface area contributed by atoms with Crippen LogP contribution >= 0.6 is 0 Å². The van der Waals surface area contributed by atoms with Crippen LogP contribution in [0.5, 0.6) is 0 Å².